The number of hydrogen-bond donors (Lipinski definition) is 2. The fourth-order valence-electron chi connectivity index (χ4n) is 1.24. The van der Waals surface area contributed by atoms with Crippen molar-refractivity contribution in [2.75, 3.05) is 13.7 Å². The maximum Gasteiger partial charge on any atom is 0.255 e. The van der Waals surface area contributed by atoms with Crippen LogP contribution in [0.4, 0.5) is 0 Å². The number of methoxy groups -OCH3 is 1. The molecular weight excluding hydrogens is 244 g/mol. The summed E-state index contributed by atoms with van der Waals surface area (Å²) in [7, 11) is -2.27. The van der Waals surface area contributed by atoms with E-state index in [1.807, 2.05) is 0 Å². The van der Waals surface area contributed by atoms with Crippen LogP contribution in [0.5, 0.6) is 5.75 Å². The third-order valence-corrected chi connectivity index (χ3v) is 3.74. The molecule has 0 saturated carbocycles. The predicted molar refractivity (Wildman–Crippen MR) is 62.8 cm³/mol. The van der Waals surface area contributed by atoms with E-state index >= 15 is 0 Å². The lowest BCUT2D eigenvalue weighted by molar-refractivity contribution is 0.164. The van der Waals surface area contributed by atoms with Crippen molar-refractivity contribution in [3.8, 4) is 5.75 Å². The summed E-state index contributed by atoms with van der Waals surface area (Å²) in [5, 5.41) is 9.11. The second kappa shape index (κ2) is 5.46. The molecule has 1 atom stereocenters. The van der Waals surface area contributed by atoms with Gasteiger partial charge in [0.05, 0.1) is 24.7 Å². The van der Waals surface area contributed by atoms with Crippen LogP contribution in [0.1, 0.15) is 6.92 Å². The summed E-state index contributed by atoms with van der Waals surface area (Å²) in [4.78, 5) is 0.0569. The molecule has 0 aromatic heterocycles. The molecule has 3 N–H and O–H groups in total. The van der Waals surface area contributed by atoms with E-state index in [0.717, 1.165) is 0 Å². The third-order valence-electron chi connectivity index (χ3n) is 2.11. The molecule has 0 aliphatic rings. The number of hydrazine groups is 1. The summed E-state index contributed by atoms with van der Waals surface area (Å²) >= 11 is 0. The average Bonchev–Trinajstić information content (AvgIpc) is 2.28. The van der Waals surface area contributed by atoms with Gasteiger partial charge in [0.1, 0.15) is 5.75 Å². The van der Waals surface area contributed by atoms with Gasteiger partial charge in [0, 0.05) is 0 Å². The van der Waals surface area contributed by atoms with Crippen molar-refractivity contribution < 1.29 is 18.3 Å². The predicted octanol–water partition coefficient (Wildman–Crippen LogP) is -0.0596. The molecule has 96 valence electrons. The van der Waals surface area contributed by atoms with Gasteiger partial charge in [-0.15, -0.1) is 4.41 Å². The summed E-state index contributed by atoms with van der Waals surface area (Å²) in [5.74, 6) is 5.97. The molecule has 17 heavy (non-hydrogen) atoms. The molecule has 0 bridgehead atoms. The number of aliphatic hydroxyl groups excluding tert-OH is 1. The largest absolute Gasteiger partial charge is 0.497 e. The van der Waals surface area contributed by atoms with Crippen molar-refractivity contribution in [2.24, 2.45) is 5.84 Å². The molecule has 6 nitrogen and oxygen atoms in total. The topological polar surface area (TPSA) is 92.9 Å². The number of hydrogen-bond acceptors (Lipinski definition) is 5. The van der Waals surface area contributed by atoms with Crippen molar-refractivity contribution in [1.29, 1.82) is 0 Å². The molecule has 0 saturated heterocycles. The van der Waals surface area contributed by atoms with Crippen LogP contribution < -0.4 is 10.6 Å². The number of sulfonamides is 1. The van der Waals surface area contributed by atoms with Gasteiger partial charge in [0.2, 0.25) is 0 Å². The molecule has 0 radical (unpaired) electrons. The number of ether oxygens (including phenoxy) is 1. The van der Waals surface area contributed by atoms with Crippen LogP contribution in [0.2, 0.25) is 0 Å². The summed E-state index contributed by atoms with van der Waals surface area (Å²) in [5.41, 5.74) is 0. The Bertz CT molecular complexity index is 456. The highest BCUT2D eigenvalue weighted by molar-refractivity contribution is 7.89. The van der Waals surface area contributed by atoms with Crippen molar-refractivity contribution >= 4 is 10.0 Å². The minimum atomic E-state index is -3.76. The Morgan fingerprint density at radius 1 is 1.41 bits per heavy atom. The van der Waals surface area contributed by atoms with E-state index in [2.05, 4.69) is 0 Å². The van der Waals surface area contributed by atoms with Crippen molar-refractivity contribution in [1.82, 2.24) is 4.41 Å². The van der Waals surface area contributed by atoms with Crippen LogP contribution in [0, 0.1) is 0 Å². The zero-order valence-electron chi connectivity index (χ0n) is 9.70. The lowest BCUT2D eigenvalue weighted by Gasteiger charge is -2.18. The van der Waals surface area contributed by atoms with Gasteiger partial charge >= 0.3 is 0 Å². The van der Waals surface area contributed by atoms with Crippen molar-refractivity contribution in [3.05, 3.63) is 24.3 Å². The molecule has 1 aromatic rings. The minimum Gasteiger partial charge on any atom is -0.497 e. The van der Waals surface area contributed by atoms with E-state index in [4.69, 9.17) is 15.7 Å². The lowest BCUT2D eigenvalue weighted by atomic mass is 10.3. The summed E-state index contributed by atoms with van der Waals surface area (Å²) in [6.07, 6.45) is -0.826. The van der Waals surface area contributed by atoms with Crippen LogP contribution in [0.15, 0.2) is 29.2 Å². The SMILES string of the molecule is COc1ccc(S(=O)(=O)N(N)CC(C)O)cc1. The first-order valence-electron chi connectivity index (χ1n) is 4.97. The normalized spacial score (nSPS) is 13.7. The molecule has 0 heterocycles. The number of nitrogens with two attached hydrogens (primary N) is 1. The average molecular weight is 260 g/mol. The van der Waals surface area contributed by atoms with Crippen LogP contribution in [0.3, 0.4) is 0 Å². The highest BCUT2D eigenvalue weighted by Crippen LogP contribution is 2.17. The fraction of sp³-hybridized carbons (Fsp3) is 0.400. The number of benzene rings is 1. The standard InChI is InChI=1S/C10H16N2O4S/c1-8(13)7-12(11)17(14,15)10-5-3-9(16-2)4-6-10/h3-6,8,13H,7,11H2,1-2H3. The molecule has 1 aromatic carbocycles. The van der Waals surface area contributed by atoms with Crippen LogP contribution >= 0.6 is 0 Å². The maximum atomic E-state index is 11.9. The first-order valence-corrected chi connectivity index (χ1v) is 6.41. The molecule has 1 rings (SSSR count). The zero-order chi connectivity index (χ0) is 13.1. The van der Waals surface area contributed by atoms with Gasteiger partial charge in [-0.05, 0) is 31.2 Å². The number of aliphatic hydroxyl groups is 1. The monoisotopic (exact) mass is 260 g/mol. The van der Waals surface area contributed by atoms with Gasteiger partial charge in [-0.3, -0.25) is 5.84 Å². The Morgan fingerprint density at radius 3 is 2.35 bits per heavy atom. The maximum absolute atomic E-state index is 11.9. The first-order chi connectivity index (χ1) is 7.87. The van der Waals surface area contributed by atoms with Crippen molar-refractivity contribution in [3.63, 3.8) is 0 Å². The van der Waals surface area contributed by atoms with Gasteiger partial charge in [-0.1, -0.05) is 0 Å². The fourth-order valence-corrected chi connectivity index (χ4v) is 2.40. The molecule has 0 amide bonds. The molecule has 7 heteroatoms. The molecule has 0 aliphatic carbocycles. The highest BCUT2D eigenvalue weighted by atomic mass is 32.2. The number of rotatable bonds is 5. The van der Waals surface area contributed by atoms with Crippen LogP contribution in [0.25, 0.3) is 0 Å². The van der Waals surface area contributed by atoms with E-state index < -0.39 is 16.1 Å². The quantitative estimate of drug-likeness (QED) is 0.571. The minimum absolute atomic E-state index is 0.0569. The Labute approximate surface area is 101 Å². The zero-order valence-corrected chi connectivity index (χ0v) is 10.5. The van der Waals surface area contributed by atoms with Gasteiger partial charge in [-0.2, -0.15) is 0 Å². The molecule has 0 aliphatic heterocycles. The molecule has 0 spiro atoms. The van der Waals surface area contributed by atoms with Gasteiger partial charge in [0.15, 0.2) is 0 Å². The highest BCUT2D eigenvalue weighted by Gasteiger charge is 2.22. The Kier molecular flexibility index (Phi) is 4.47. The van der Waals surface area contributed by atoms with Gasteiger partial charge in [-0.25, -0.2) is 8.42 Å². The van der Waals surface area contributed by atoms with E-state index in [-0.39, 0.29) is 11.4 Å². The van der Waals surface area contributed by atoms with E-state index in [9.17, 15) is 8.42 Å². The second-order valence-electron chi connectivity index (χ2n) is 3.60. The molecule has 1 unspecified atom stereocenters. The van der Waals surface area contributed by atoms with E-state index in [1.54, 1.807) is 0 Å². The van der Waals surface area contributed by atoms with Crippen LogP contribution in [-0.2, 0) is 10.0 Å². The first kappa shape index (κ1) is 13.9. The third kappa shape index (κ3) is 3.40. The summed E-state index contributed by atoms with van der Waals surface area (Å²) in [6, 6.07) is 5.86. The second-order valence-corrected chi connectivity index (χ2v) is 5.49. The van der Waals surface area contributed by atoms with Crippen molar-refractivity contribution in [2.45, 2.75) is 17.9 Å². The lowest BCUT2D eigenvalue weighted by Crippen LogP contribution is -2.41. The summed E-state index contributed by atoms with van der Waals surface area (Å²) < 4.78 is 29.4. The number of nitrogens with zero attached hydrogens (tertiary/aromatic N) is 1. The Morgan fingerprint density at radius 2 is 1.94 bits per heavy atom. The molecular formula is C10H16N2O4S. The van der Waals surface area contributed by atoms with E-state index in [1.165, 1.54) is 38.3 Å². The Balaban J connectivity index is 2.96. The van der Waals surface area contributed by atoms with Gasteiger partial charge in [0.25, 0.3) is 10.0 Å². The van der Waals surface area contributed by atoms with Gasteiger partial charge < -0.3 is 9.84 Å². The van der Waals surface area contributed by atoms with Crippen LogP contribution in [-0.4, -0.2) is 37.7 Å². The Hall–Kier alpha value is -1.15. The smallest absolute Gasteiger partial charge is 0.255 e. The molecule has 0 fully saturated rings. The van der Waals surface area contributed by atoms with E-state index in [0.29, 0.717) is 10.2 Å². The summed E-state index contributed by atoms with van der Waals surface area (Å²) in [6.45, 7) is 1.30.